The van der Waals surface area contributed by atoms with Gasteiger partial charge in [0.2, 0.25) is 11.9 Å². The van der Waals surface area contributed by atoms with E-state index in [-0.39, 0.29) is 6.01 Å². The SMILES string of the molecule is Cc1cc(Br)cc(C)c1Oc1nc(Nc2ccc(C#N)cc2)nc(N(C)C)n1. The number of anilines is 3. The number of rotatable bonds is 5. The summed E-state index contributed by atoms with van der Waals surface area (Å²) < 4.78 is 7.00. The van der Waals surface area contributed by atoms with Crippen LogP contribution in [0.25, 0.3) is 0 Å². The molecule has 0 unspecified atom stereocenters. The standard InChI is InChI=1S/C20H19BrN6O/c1-12-9-15(21)10-13(2)17(12)28-20-25-18(24-19(26-20)27(3)4)23-16-7-5-14(11-22)6-8-16/h5-10H,1-4H3,(H,23,24,25,26). The first kappa shape index (κ1) is 19.6. The van der Waals surface area contributed by atoms with Crippen molar-refractivity contribution in [3.8, 4) is 17.8 Å². The fourth-order valence-corrected chi connectivity index (χ4v) is 3.24. The van der Waals surface area contributed by atoms with Gasteiger partial charge in [-0.25, -0.2) is 0 Å². The molecule has 8 heteroatoms. The Morgan fingerprint density at radius 3 is 2.25 bits per heavy atom. The van der Waals surface area contributed by atoms with E-state index in [1.165, 1.54) is 0 Å². The quantitative estimate of drug-likeness (QED) is 0.615. The molecule has 28 heavy (non-hydrogen) atoms. The van der Waals surface area contributed by atoms with Crippen molar-refractivity contribution >= 4 is 33.5 Å². The van der Waals surface area contributed by atoms with Crippen LogP contribution in [0.5, 0.6) is 11.8 Å². The Morgan fingerprint density at radius 2 is 1.68 bits per heavy atom. The van der Waals surface area contributed by atoms with Crippen LogP contribution in [-0.4, -0.2) is 29.0 Å². The summed E-state index contributed by atoms with van der Waals surface area (Å²) >= 11 is 3.49. The summed E-state index contributed by atoms with van der Waals surface area (Å²) in [6, 6.07) is 13.3. The second-order valence-corrected chi connectivity index (χ2v) is 7.34. The average molecular weight is 439 g/mol. The summed E-state index contributed by atoms with van der Waals surface area (Å²) in [7, 11) is 3.70. The number of aromatic nitrogens is 3. The Balaban J connectivity index is 1.94. The lowest BCUT2D eigenvalue weighted by atomic mass is 10.1. The molecule has 1 aromatic heterocycles. The molecule has 0 atom stereocenters. The molecule has 2 aromatic carbocycles. The molecule has 0 aliphatic heterocycles. The molecule has 0 spiro atoms. The first-order chi connectivity index (χ1) is 13.4. The molecular weight excluding hydrogens is 420 g/mol. The Morgan fingerprint density at radius 1 is 1.04 bits per heavy atom. The Hall–Kier alpha value is -3.18. The normalized spacial score (nSPS) is 10.3. The van der Waals surface area contributed by atoms with Crippen LogP contribution < -0.4 is 15.0 Å². The van der Waals surface area contributed by atoms with Crippen LogP contribution >= 0.6 is 15.9 Å². The molecule has 0 fully saturated rings. The molecule has 7 nitrogen and oxygen atoms in total. The smallest absolute Gasteiger partial charge is 0.328 e. The number of nitrogens with zero attached hydrogens (tertiary/aromatic N) is 5. The van der Waals surface area contributed by atoms with E-state index < -0.39 is 0 Å². The van der Waals surface area contributed by atoms with E-state index in [1.54, 1.807) is 29.2 Å². The number of nitriles is 1. The Kier molecular flexibility index (Phi) is 5.76. The van der Waals surface area contributed by atoms with E-state index in [2.05, 4.69) is 42.3 Å². The van der Waals surface area contributed by atoms with Gasteiger partial charge in [-0.15, -0.1) is 0 Å². The van der Waals surface area contributed by atoms with Crippen molar-refractivity contribution < 1.29 is 4.74 Å². The van der Waals surface area contributed by atoms with Gasteiger partial charge in [-0.1, -0.05) is 15.9 Å². The largest absolute Gasteiger partial charge is 0.424 e. The third-order valence-corrected chi connectivity index (χ3v) is 4.35. The van der Waals surface area contributed by atoms with Crippen molar-refractivity contribution in [2.75, 3.05) is 24.3 Å². The molecule has 0 bridgehead atoms. The second kappa shape index (κ2) is 8.23. The topological polar surface area (TPSA) is 87.0 Å². The Bertz CT molecular complexity index is 1020. The van der Waals surface area contributed by atoms with Crippen LogP contribution in [0.2, 0.25) is 0 Å². The third kappa shape index (κ3) is 4.56. The van der Waals surface area contributed by atoms with Gasteiger partial charge in [0.05, 0.1) is 11.6 Å². The number of nitrogens with one attached hydrogen (secondary N) is 1. The molecule has 0 amide bonds. The Labute approximate surface area is 172 Å². The molecule has 0 radical (unpaired) electrons. The summed E-state index contributed by atoms with van der Waals surface area (Å²) in [5.41, 5.74) is 3.29. The molecular formula is C20H19BrN6O. The number of ether oxygens (including phenoxy) is 1. The van der Waals surface area contributed by atoms with Gasteiger partial charge in [0.25, 0.3) is 0 Å². The highest BCUT2D eigenvalue weighted by molar-refractivity contribution is 9.10. The van der Waals surface area contributed by atoms with Gasteiger partial charge in [-0.2, -0.15) is 20.2 Å². The van der Waals surface area contributed by atoms with E-state index in [0.717, 1.165) is 21.3 Å². The van der Waals surface area contributed by atoms with Gasteiger partial charge in [-0.05, 0) is 61.4 Å². The maximum Gasteiger partial charge on any atom is 0.328 e. The van der Waals surface area contributed by atoms with Crippen molar-refractivity contribution in [3.63, 3.8) is 0 Å². The average Bonchev–Trinajstić information content (AvgIpc) is 2.65. The molecule has 0 aliphatic carbocycles. The summed E-state index contributed by atoms with van der Waals surface area (Å²) in [5, 5.41) is 12.1. The minimum Gasteiger partial charge on any atom is -0.424 e. The summed E-state index contributed by atoms with van der Waals surface area (Å²) in [4.78, 5) is 15.0. The molecule has 0 saturated heterocycles. The van der Waals surface area contributed by atoms with Gasteiger partial charge in [0.1, 0.15) is 5.75 Å². The van der Waals surface area contributed by atoms with Gasteiger partial charge in [-0.3, -0.25) is 0 Å². The van der Waals surface area contributed by atoms with Gasteiger partial charge in [0.15, 0.2) is 0 Å². The molecule has 1 heterocycles. The van der Waals surface area contributed by atoms with E-state index in [9.17, 15) is 0 Å². The van der Waals surface area contributed by atoms with Crippen LogP contribution in [0.15, 0.2) is 40.9 Å². The highest BCUT2D eigenvalue weighted by atomic mass is 79.9. The summed E-state index contributed by atoms with van der Waals surface area (Å²) in [6.45, 7) is 3.94. The van der Waals surface area contributed by atoms with E-state index >= 15 is 0 Å². The summed E-state index contributed by atoms with van der Waals surface area (Å²) in [6.07, 6.45) is 0. The maximum absolute atomic E-state index is 8.93. The van der Waals surface area contributed by atoms with Crippen LogP contribution in [-0.2, 0) is 0 Å². The van der Waals surface area contributed by atoms with E-state index in [1.807, 2.05) is 40.1 Å². The zero-order valence-electron chi connectivity index (χ0n) is 16.0. The fourth-order valence-electron chi connectivity index (χ4n) is 2.55. The lowest BCUT2D eigenvalue weighted by Gasteiger charge is -2.15. The zero-order chi connectivity index (χ0) is 20.3. The number of halogens is 1. The van der Waals surface area contributed by atoms with Crippen molar-refractivity contribution in [2.45, 2.75) is 13.8 Å². The van der Waals surface area contributed by atoms with Gasteiger partial charge < -0.3 is 15.0 Å². The summed E-state index contributed by atoms with van der Waals surface area (Å²) in [5.74, 6) is 1.53. The molecule has 3 rings (SSSR count). The number of benzene rings is 2. The molecule has 3 aromatic rings. The first-order valence-corrected chi connectivity index (χ1v) is 9.30. The highest BCUT2D eigenvalue weighted by Crippen LogP contribution is 2.31. The lowest BCUT2D eigenvalue weighted by Crippen LogP contribution is -2.15. The maximum atomic E-state index is 8.93. The number of hydrogen-bond acceptors (Lipinski definition) is 7. The zero-order valence-corrected chi connectivity index (χ0v) is 17.6. The first-order valence-electron chi connectivity index (χ1n) is 8.51. The van der Waals surface area contributed by atoms with Crippen LogP contribution in [0.1, 0.15) is 16.7 Å². The highest BCUT2D eigenvalue weighted by Gasteiger charge is 2.13. The predicted octanol–water partition coefficient (Wildman–Crippen LogP) is 4.72. The van der Waals surface area contributed by atoms with Crippen molar-refractivity contribution in [1.82, 2.24) is 15.0 Å². The molecule has 142 valence electrons. The van der Waals surface area contributed by atoms with Crippen LogP contribution in [0.4, 0.5) is 17.6 Å². The number of aryl methyl sites for hydroxylation is 2. The van der Waals surface area contributed by atoms with E-state index in [0.29, 0.717) is 23.2 Å². The molecule has 0 saturated carbocycles. The van der Waals surface area contributed by atoms with E-state index in [4.69, 9.17) is 10.00 Å². The van der Waals surface area contributed by atoms with Crippen molar-refractivity contribution in [2.24, 2.45) is 0 Å². The third-order valence-electron chi connectivity index (χ3n) is 3.89. The molecule has 0 aliphatic rings. The minimum atomic E-state index is 0.198. The monoisotopic (exact) mass is 438 g/mol. The van der Waals surface area contributed by atoms with Crippen molar-refractivity contribution in [3.05, 3.63) is 57.6 Å². The van der Waals surface area contributed by atoms with Crippen LogP contribution in [0, 0.1) is 25.2 Å². The minimum absolute atomic E-state index is 0.198. The fraction of sp³-hybridized carbons (Fsp3) is 0.200. The van der Waals surface area contributed by atoms with Crippen molar-refractivity contribution in [1.29, 1.82) is 5.26 Å². The second-order valence-electron chi connectivity index (χ2n) is 6.42. The van der Waals surface area contributed by atoms with Crippen LogP contribution in [0.3, 0.4) is 0 Å². The molecule has 1 N–H and O–H groups in total. The lowest BCUT2D eigenvalue weighted by molar-refractivity contribution is 0.434. The van der Waals surface area contributed by atoms with Gasteiger partial charge in [0, 0.05) is 24.3 Å². The number of hydrogen-bond donors (Lipinski definition) is 1. The predicted molar refractivity (Wildman–Crippen MR) is 112 cm³/mol. The van der Waals surface area contributed by atoms with Gasteiger partial charge >= 0.3 is 6.01 Å².